The van der Waals surface area contributed by atoms with E-state index < -0.39 is 10.0 Å². The van der Waals surface area contributed by atoms with Crippen LogP contribution in [0.1, 0.15) is 49.7 Å². The maximum atomic E-state index is 11.8. The molecule has 23 heavy (non-hydrogen) atoms. The fourth-order valence-electron chi connectivity index (χ4n) is 3.64. The molecule has 0 spiro atoms. The molecule has 0 aromatic carbocycles. The first-order chi connectivity index (χ1) is 10.9. The number of likely N-dealkylation sites (tertiary alicyclic amines) is 1. The first kappa shape index (κ1) is 16.9. The van der Waals surface area contributed by atoms with Gasteiger partial charge in [0.15, 0.2) is 0 Å². The Labute approximate surface area is 138 Å². The van der Waals surface area contributed by atoms with Crippen LogP contribution in [-0.4, -0.2) is 64.8 Å². The van der Waals surface area contributed by atoms with Gasteiger partial charge in [-0.15, -0.1) is 10.2 Å². The van der Waals surface area contributed by atoms with Crippen LogP contribution in [0.4, 0.5) is 0 Å². The van der Waals surface area contributed by atoms with Crippen LogP contribution >= 0.6 is 0 Å². The molecule has 3 rings (SSSR count). The second-order valence-electron chi connectivity index (χ2n) is 6.83. The van der Waals surface area contributed by atoms with Gasteiger partial charge >= 0.3 is 0 Å². The molecule has 1 atom stereocenters. The molecule has 2 saturated heterocycles. The zero-order valence-electron chi connectivity index (χ0n) is 14.1. The third kappa shape index (κ3) is 3.92. The molecule has 0 amide bonds. The molecule has 1 aromatic heterocycles. The van der Waals surface area contributed by atoms with Crippen molar-refractivity contribution in [2.24, 2.45) is 7.05 Å². The first-order valence-electron chi connectivity index (χ1n) is 8.51. The minimum Gasteiger partial charge on any atom is -0.317 e. The van der Waals surface area contributed by atoms with Crippen LogP contribution in [-0.2, 0) is 23.6 Å². The van der Waals surface area contributed by atoms with E-state index in [1.165, 1.54) is 25.5 Å². The maximum Gasteiger partial charge on any atom is 0.211 e. The molecule has 8 heteroatoms. The summed E-state index contributed by atoms with van der Waals surface area (Å²) in [4.78, 5) is 2.43. The smallest absolute Gasteiger partial charge is 0.211 e. The molecule has 0 bridgehead atoms. The Hall–Kier alpha value is -0.990. The molecule has 0 radical (unpaired) electrons. The van der Waals surface area contributed by atoms with Gasteiger partial charge in [-0.05, 0) is 38.8 Å². The predicted molar refractivity (Wildman–Crippen MR) is 88.5 cm³/mol. The van der Waals surface area contributed by atoms with Gasteiger partial charge in [0.25, 0.3) is 0 Å². The Balaban J connectivity index is 1.70. The lowest BCUT2D eigenvalue weighted by Gasteiger charge is -2.30. The van der Waals surface area contributed by atoms with E-state index in [4.69, 9.17) is 0 Å². The van der Waals surface area contributed by atoms with Crippen LogP contribution in [0.5, 0.6) is 0 Å². The van der Waals surface area contributed by atoms with Gasteiger partial charge in [0.05, 0.1) is 12.8 Å². The van der Waals surface area contributed by atoms with Crippen LogP contribution in [0.3, 0.4) is 0 Å². The lowest BCUT2D eigenvalue weighted by atomic mass is 9.99. The molecule has 2 aliphatic heterocycles. The number of piperidine rings is 2. The molecule has 0 unspecified atom stereocenters. The van der Waals surface area contributed by atoms with Crippen LogP contribution in [0.15, 0.2) is 0 Å². The minimum atomic E-state index is -3.13. The van der Waals surface area contributed by atoms with Crippen molar-refractivity contribution in [2.75, 3.05) is 32.4 Å². The van der Waals surface area contributed by atoms with Gasteiger partial charge in [-0.1, -0.05) is 6.42 Å². The highest BCUT2D eigenvalue weighted by Gasteiger charge is 2.30. The SMILES string of the molecule is Cn1c(CN2CCCCC2)nnc1[C@@H]1CCCN(S(C)(=O)=O)C1. The highest BCUT2D eigenvalue weighted by Crippen LogP contribution is 2.27. The summed E-state index contributed by atoms with van der Waals surface area (Å²) >= 11 is 0. The van der Waals surface area contributed by atoms with Crippen molar-refractivity contribution in [1.29, 1.82) is 0 Å². The first-order valence-corrected chi connectivity index (χ1v) is 10.4. The topological polar surface area (TPSA) is 71.3 Å². The quantitative estimate of drug-likeness (QED) is 0.815. The summed E-state index contributed by atoms with van der Waals surface area (Å²) in [6.07, 6.45) is 6.98. The molecular formula is C15H27N5O2S. The summed E-state index contributed by atoms with van der Waals surface area (Å²) < 4.78 is 27.2. The average molecular weight is 341 g/mol. The number of hydrogen-bond donors (Lipinski definition) is 0. The van der Waals surface area contributed by atoms with Gasteiger partial charge in [0.2, 0.25) is 10.0 Å². The molecule has 0 saturated carbocycles. The second-order valence-corrected chi connectivity index (χ2v) is 8.81. The van der Waals surface area contributed by atoms with Crippen molar-refractivity contribution in [3.8, 4) is 0 Å². The van der Waals surface area contributed by atoms with Crippen LogP contribution < -0.4 is 0 Å². The Morgan fingerprint density at radius 2 is 1.83 bits per heavy atom. The molecule has 7 nitrogen and oxygen atoms in total. The van der Waals surface area contributed by atoms with Crippen LogP contribution in [0.2, 0.25) is 0 Å². The average Bonchev–Trinajstić information content (AvgIpc) is 2.89. The molecule has 0 aliphatic carbocycles. The van der Waals surface area contributed by atoms with Crippen molar-refractivity contribution in [1.82, 2.24) is 24.0 Å². The van der Waals surface area contributed by atoms with Crippen molar-refractivity contribution in [2.45, 2.75) is 44.6 Å². The monoisotopic (exact) mass is 341 g/mol. The van der Waals surface area contributed by atoms with Gasteiger partial charge in [-0.3, -0.25) is 4.90 Å². The standard InChI is InChI=1S/C15H27N5O2S/c1-18-14(12-19-8-4-3-5-9-19)16-17-15(18)13-7-6-10-20(11-13)23(2,21)22/h13H,3-12H2,1-2H3/t13-/m1/s1. The highest BCUT2D eigenvalue weighted by atomic mass is 32.2. The van der Waals surface area contributed by atoms with E-state index in [9.17, 15) is 8.42 Å². The third-order valence-corrected chi connectivity index (χ3v) is 6.30. The zero-order chi connectivity index (χ0) is 16.4. The third-order valence-electron chi connectivity index (χ3n) is 5.03. The predicted octanol–water partition coefficient (Wildman–Crippen LogP) is 0.940. The van der Waals surface area contributed by atoms with E-state index in [1.807, 2.05) is 7.05 Å². The molecule has 0 N–H and O–H groups in total. The van der Waals surface area contributed by atoms with Gasteiger partial charge in [-0.2, -0.15) is 0 Å². The summed E-state index contributed by atoms with van der Waals surface area (Å²) in [6.45, 7) is 4.25. The van der Waals surface area contributed by atoms with E-state index >= 15 is 0 Å². The molecule has 1 aromatic rings. The summed E-state index contributed by atoms with van der Waals surface area (Å²) in [7, 11) is -1.12. The number of hydrogen-bond acceptors (Lipinski definition) is 5. The number of nitrogens with zero attached hydrogens (tertiary/aromatic N) is 5. The van der Waals surface area contributed by atoms with Gasteiger partial charge in [0.1, 0.15) is 11.6 Å². The summed E-state index contributed by atoms with van der Waals surface area (Å²) in [5.41, 5.74) is 0. The van der Waals surface area contributed by atoms with Gasteiger partial charge < -0.3 is 4.57 Å². The fraction of sp³-hybridized carbons (Fsp3) is 0.867. The van der Waals surface area contributed by atoms with E-state index in [2.05, 4.69) is 19.7 Å². The zero-order valence-corrected chi connectivity index (χ0v) is 14.9. The molecule has 2 aliphatic rings. The summed E-state index contributed by atoms with van der Waals surface area (Å²) in [5, 5.41) is 8.76. The fourth-order valence-corrected chi connectivity index (χ4v) is 4.55. The molecule has 2 fully saturated rings. The number of rotatable bonds is 4. The second kappa shape index (κ2) is 6.86. The van der Waals surface area contributed by atoms with Gasteiger partial charge in [-0.25, -0.2) is 12.7 Å². The molecule has 3 heterocycles. The molecule has 130 valence electrons. The normalized spacial score (nSPS) is 24.9. The Morgan fingerprint density at radius 3 is 2.52 bits per heavy atom. The van der Waals surface area contributed by atoms with Crippen molar-refractivity contribution >= 4 is 10.0 Å². The van der Waals surface area contributed by atoms with Gasteiger partial charge in [0, 0.05) is 26.1 Å². The maximum absolute atomic E-state index is 11.8. The van der Waals surface area contributed by atoms with E-state index in [1.54, 1.807) is 4.31 Å². The highest BCUT2D eigenvalue weighted by molar-refractivity contribution is 7.88. The summed E-state index contributed by atoms with van der Waals surface area (Å²) in [5.74, 6) is 2.05. The van der Waals surface area contributed by atoms with E-state index in [-0.39, 0.29) is 5.92 Å². The van der Waals surface area contributed by atoms with Crippen molar-refractivity contribution in [3.05, 3.63) is 11.6 Å². The van der Waals surface area contributed by atoms with E-state index in [0.29, 0.717) is 13.1 Å². The lowest BCUT2D eigenvalue weighted by molar-refractivity contribution is 0.213. The lowest BCUT2D eigenvalue weighted by Crippen LogP contribution is -2.39. The number of sulfonamides is 1. The largest absolute Gasteiger partial charge is 0.317 e. The Bertz CT molecular complexity index is 636. The molecular weight excluding hydrogens is 314 g/mol. The Morgan fingerprint density at radius 1 is 1.09 bits per heavy atom. The minimum absolute atomic E-state index is 0.145. The van der Waals surface area contributed by atoms with E-state index in [0.717, 1.165) is 44.1 Å². The summed E-state index contributed by atoms with van der Waals surface area (Å²) in [6, 6.07) is 0. The van der Waals surface area contributed by atoms with Crippen molar-refractivity contribution < 1.29 is 8.42 Å². The van der Waals surface area contributed by atoms with Crippen LogP contribution in [0.25, 0.3) is 0 Å². The van der Waals surface area contributed by atoms with Crippen LogP contribution in [0, 0.1) is 0 Å². The number of aromatic nitrogens is 3. The Kier molecular flexibility index (Phi) is 5.03. The van der Waals surface area contributed by atoms with Crippen molar-refractivity contribution in [3.63, 3.8) is 0 Å².